The lowest BCUT2D eigenvalue weighted by atomic mass is 9.90. The number of rotatable bonds is 4. The number of amides is 1. The number of nitrogens with one attached hydrogen (secondary N) is 2. The molecule has 0 saturated carbocycles. The molecule has 0 bridgehead atoms. The Kier molecular flexibility index (Phi) is 3.88. The number of carbonyl (C=O) groups excluding carboxylic acids is 1. The predicted molar refractivity (Wildman–Crippen MR) is 66.1 cm³/mol. The zero-order chi connectivity index (χ0) is 14.0. The Morgan fingerprint density at radius 1 is 1.47 bits per heavy atom. The molecular weight excluding hydrogens is 272 g/mol. The van der Waals surface area contributed by atoms with Crippen LogP contribution in [0, 0.1) is 0 Å². The van der Waals surface area contributed by atoms with Crippen molar-refractivity contribution < 1.29 is 17.7 Å². The van der Waals surface area contributed by atoms with E-state index in [1.54, 1.807) is 0 Å². The van der Waals surface area contributed by atoms with Crippen molar-refractivity contribution in [2.24, 2.45) is 5.73 Å². The summed E-state index contributed by atoms with van der Waals surface area (Å²) in [6.45, 7) is 1.49. The van der Waals surface area contributed by atoms with E-state index in [2.05, 4.69) is 15.2 Å². The van der Waals surface area contributed by atoms with Crippen LogP contribution in [0.1, 0.15) is 34.8 Å². The molecule has 8 nitrogen and oxygen atoms in total. The molecule has 0 aromatic carbocycles. The Morgan fingerprint density at radius 2 is 2.11 bits per heavy atom. The van der Waals surface area contributed by atoms with Gasteiger partial charge in [-0.3, -0.25) is 4.79 Å². The first-order valence-corrected chi connectivity index (χ1v) is 7.39. The van der Waals surface area contributed by atoms with Crippen LogP contribution in [0.2, 0.25) is 0 Å². The Labute approximate surface area is 110 Å². The second-order valence-corrected chi connectivity index (χ2v) is 6.11. The van der Waals surface area contributed by atoms with Crippen molar-refractivity contribution in [1.82, 2.24) is 15.2 Å². The van der Waals surface area contributed by atoms with Gasteiger partial charge in [-0.25, -0.2) is 13.1 Å². The van der Waals surface area contributed by atoms with Gasteiger partial charge in [0.25, 0.3) is 21.0 Å². The molecule has 1 saturated heterocycles. The topological polar surface area (TPSA) is 127 Å². The van der Waals surface area contributed by atoms with Crippen molar-refractivity contribution in [3.05, 3.63) is 11.3 Å². The van der Waals surface area contributed by atoms with Gasteiger partial charge in [-0.2, -0.15) is 0 Å². The number of primary amides is 1. The van der Waals surface area contributed by atoms with E-state index in [-0.39, 0.29) is 16.7 Å². The van der Waals surface area contributed by atoms with Gasteiger partial charge in [0, 0.05) is 5.56 Å². The van der Waals surface area contributed by atoms with Gasteiger partial charge in [-0.15, -0.1) is 0 Å². The Bertz CT molecular complexity index is 574. The first-order valence-electron chi connectivity index (χ1n) is 5.91. The van der Waals surface area contributed by atoms with Crippen molar-refractivity contribution in [2.45, 2.75) is 23.9 Å². The third kappa shape index (κ3) is 2.62. The Morgan fingerprint density at radius 3 is 2.63 bits per heavy atom. The average Bonchev–Trinajstić information content (AvgIpc) is 2.85. The van der Waals surface area contributed by atoms with Gasteiger partial charge in [0.15, 0.2) is 5.69 Å². The summed E-state index contributed by atoms with van der Waals surface area (Å²) >= 11 is 0. The molecule has 1 aromatic rings. The van der Waals surface area contributed by atoms with Gasteiger partial charge >= 0.3 is 0 Å². The summed E-state index contributed by atoms with van der Waals surface area (Å²) in [4.78, 5) is 11.4. The number of nitrogens with zero attached hydrogens (tertiary/aromatic N) is 1. The molecule has 1 aliphatic heterocycles. The second-order valence-electron chi connectivity index (χ2n) is 4.33. The van der Waals surface area contributed by atoms with Crippen LogP contribution >= 0.6 is 0 Å². The van der Waals surface area contributed by atoms with Gasteiger partial charge < -0.3 is 15.6 Å². The third-order valence-corrected chi connectivity index (χ3v) is 4.51. The predicted octanol–water partition coefficient (Wildman–Crippen LogP) is -0.851. The summed E-state index contributed by atoms with van der Waals surface area (Å²) in [5, 5.41) is 6.37. The van der Waals surface area contributed by atoms with E-state index < -0.39 is 15.9 Å². The fourth-order valence-electron chi connectivity index (χ4n) is 2.22. The van der Waals surface area contributed by atoms with Crippen LogP contribution in [0.4, 0.5) is 0 Å². The number of aromatic nitrogens is 1. The second kappa shape index (κ2) is 5.27. The van der Waals surface area contributed by atoms with E-state index in [4.69, 9.17) is 10.3 Å². The van der Waals surface area contributed by atoms with Gasteiger partial charge in [0.1, 0.15) is 0 Å². The maximum absolute atomic E-state index is 11.9. The zero-order valence-electron chi connectivity index (χ0n) is 10.5. The number of piperidine rings is 1. The number of carbonyl (C=O) groups is 1. The molecule has 0 atom stereocenters. The molecular formula is C10H16N4O4S. The standard InChI is InChI=1S/C10H16N4O4S/c1-12-19(16,17)10-7(6-2-4-13-5-3-6)8(9(11)15)14-18-10/h6,12-13H,2-5H2,1H3,(H2,11,15). The minimum Gasteiger partial charge on any atom is -0.364 e. The van der Waals surface area contributed by atoms with E-state index in [0.717, 1.165) is 13.1 Å². The Balaban J connectivity index is 2.53. The van der Waals surface area contributed by atoms with Crippen LogP contribution in [-0.4, -0.2) is 39.6 Å². The highest BCUT2D eigenvalue weighted by Crippen LogP contribution is 2.33. The van der Waals surface area contributed by atoms with Crippen molar-refractivity contribution in [3.8, 4) is 0 Å². The highest BCUT2D eigenvalue weighted by molar-refractivity contribution is 7.89. The largest absolute Gasteiger partial charge is 0.364 e. The van der Waals surface area contributed by atoms with Crippen molar-refractivity contribution in [2.75, 3.05) is 20.1 Å². The van der Waals surface area contributed by atoms with Crippen LogP contribution in [0.5, 0.6) is 0 Å². The first kappa shape index (κ1) is 14.0. The molecule has 1 aromatic heterocycles. The highest BCUT2D eigenvalue weighted by Gasteiger charge is 2.34. The Hall–Kier alpha value is -1.45. The molecule has 0 radical (unpaired) electrons. The van der Waals surface area contributed by atoms with Crippen LogP contribution in [0.25, 0.3) is 0 Å². The lowest BCUT2D eigenvalue weighted by Gasteiger charge is -2.22. The van der Waals surface area contributed by atoms with E-state index in [0.29, 0.717) is 18.4 Å². The third-order valence-electron chi connectivity index (χ3n) is 3.19. The lowest BCUT2D eigenvalue weighted by Crippen LogP contribution is -2.29. The van der Waals surface area contributed by atoms with Crippen molar-refractivity contribution in [3.63, 3.8) is 0 Å². The van der Waals surface area contributed by atoms with Crippen molar-refractivity contribution >= 4 is 15.9 Å². The zero-order valence-corrected chi connectivity index (χ0v) is 11.3. The molecule has 1 fully saturated rings. The van der Waals surface area contributed by atoms with E-state index >= 15 is 0 Å². The van der Waals surface area contributed by atoms with Crippen molar-refractivity contribution in [1.29, 1.82) is 0 Å². The fourth-order valence-corrected chi connectivity index (χ4v) is 3.09. The maximum atomic E-state index is 11.9. The molecule has 1 aliphatic rings. The van der Waals surface area contributed by atoms with Crippen LogP contribution in [0.3, 0.4) is 0 Å². The van der Waals surface area contributed by atoms with Gasteiger partial charge in [0.05, 0.1) is 0 Å². The molecule has 2 rings (SSSR count). The number of hydrogen-bond donors (Lipinski definition) is 3. The van der Waals surface area contributed by atoms with Crippen LogP contribution < -0.4 is 15.8 Å². The smallest absolute Gasteiger partial charge is 0.276 e. The minimum atomic E-state index is -3.80. The molecule has 9 heteroatoms. The molecule has 0 aliphatic carbocycles. The summed E-state index contributed by atoms with van der Waals surface area (Å²) in [5.41, 5.74) is 5.43. The molecule has 0 unspecified atom stereocenters. The quantitative estimate of drug-likeness (QED) is 0.662. The lowest BCUT2D eigenvalue weighted by molar-refractivity contribution is 0.0990. The minimum absolute atomic E-state index is 0.0966. The summed E-state index contributed by atoms with van der Waals surface area (Å²) in [6.07, 6.45) is 1.40. The normalized spacial score (nSPS) is 17.5. The summed E-state index contributed by atoms with van der Waals surface area (Å²) in [6, 6.07) is 0. The molecule has 1 amide bonds. The van der Waals surface area contributed by atoms with Gasteiger partial charge in [-0.05, 0) is 38.9 Å². The van der Waals surface area contributed by atoms with Crippen LogP contribution in [-0.2, 0) is 10.0 Å². The SMILES string of the molecule is CNS(=O)(=O)c1onc(C(N)=O)c1C1CCNCC1. The average molecular weight is 288 g/mol. The monoisotopic (exact) mass is 288 g/mol. The summed E-state index contributed by atoms with van der Waals surface area (Å²) in [5.74, 6) is -0.886. The fraction of sp³-hybridized carbons (Fsp3) is 0.600. The summed E-state index contributed by atoms with van der Waals surface area (Å²) in [7, 11) is -2.53. The number of hydrogen-bond acceptors (Lipinski definition) is 6. The maximum Gasteiger partial charge on any atom is 0.276 e. The van der Waals surface area contributed by atoms with Crippen LogP contribution in [0.15, 0.2) is 9.62 Å². The molecule has 4 N–H and O–H groups in total. The summed E-state index contributed by atoms with van der Waals surface area (Å²) < 4.78 is 30.8. The number of nitrogens with two attached hydrogens (primary N) is 1. The first-order chi connectivity index (χ1) is 8.97. The number of sulfonamides is 1. The molecule has 106 valence electrons. The van der Waals surface area contributed by atoms with Gasteiger partial charge in [0.2, 0.25) is 0 Å². The molecule has 19 heavy (non-hydrogen) atoms. The van der Waals surface area contributed by atoms with E-state index in [1.165, 1.54) is 7.05 Å². The van der Waals surface area contributed by atoms with E-state index in [9.17, 15) is 13.2 Å². The molecule has 0 spiro atoms. The molecule has 2 heterocycles. The van der Waals surface area contributed by atoms with E-state index in [1.807, 2.05) is 0 Å². The van der Waals surface area contributed by atoms with Gasteiger partial charge in [-0.1, -0.05) is 5.16 Å². The highest BCUT2D eigenvalue weighted by atomic mass is 32.2.